The van der Waals surface area contributed by atoms with Crippen LogP contribution in [0.15, 0.2) is 54.6 Å². The average Bonchev–Trinajstić information content (AvgIpc) is 2.54. The van der Waals surface area contributed by atoms with Crippen LogP contribution in [0.4, 0.5) is 0 Å². The minimum Gasteiger partial charge on any atom is -0.507 e. The van der Waals surface area contributed by atoms with E-state index in [0.717, 1.165) is 30.8 Å². The zero-order chi connectivity index (χ0) is 15.8. The number of ketones is 1. The number of rotatable bonds is 7. The third-order valence-corrected chi connectivity index (χ3v) is 3.24. The van der Waals surface area contributed by atoms with Gasteiger partial charge in [0, 0.05) is 0 Å². The summed E-state index contributed by atoms with van der Waals surface area (Å²) >= 11 is 0. The van der Waals surface area contributed by atoms with Crippen molar-refractivity contribution >= 4 is 11.9 Å². The van der Waals surface area contributed by atoms with Crippen LogP contribution in [0.25, 0.3) is 6.08 Å². The summed E-state index contributed by atoms with van der Waals surface area (Å²) in [5, 5.41) is 9.65. The lowest BCUT2D eigenvalue weighted by Gasteiger charge is -2.05. The van der Waals surface area contributed by atoms with Gasteiger partial charge in [0.05, 0.1) is 12.2 Å². The van der Waals surface area contributed by atoms with E-state index in [-0.39, 0.29) is 11.5 Å². The van der Waals surface area contributed by atoms with Crippen LogP contribution >= 0.6 is 0 Å². The molecule has 0 amide bonds. The van der Waals surface area contributed by atoms with Crippen LogP contribution < -0.4 is 4.74 Å². The van der Waals surface area contributed by atoms with Crippen molar-refractivity contribution in [2.75, 3.05) is 6.61 Å². The number of allylic oxidation sites excluding steroid dienone is 1. The van der Waals surface area contributed by atoms with E-state index in [2.05, 4.69) is 6.92 Å². The molecule has 22 heavy (non-hydrogen) atoms. The smallest absolute Gasteiger partial charge is 0.189 e. The predicted molar refractivity (Wildman–Crippen MR) is 88.3 cm³/mol. The summed E-state index contributed by atoms with van der Waals surface area (Å²) < 4.78 is 5.59. The third kappa shape index (κ3) is 4.48. The van der Waals surface area contributed by atoms with E-state index in [4.69, 9.17) is 4.74 Å². The molecule has 3 nitrogen and oxygen atoms in total. The lowest BCUT2D eigenvalue weighted by molar-refractivity contribution is 0.104. The first-order valence-corrected chi connectivity index (χ1v) is 7.44. The van der Waals surface area contributed by atoms with Crippen molar-refractivity contribution < 1.29 is 14.6 Å². The van der Waals surface area contributed by atoms with Gasteiger partial charge in [0.25, 0.3) is 0 Å². The number of phenols is 1. The van der Waals surface area contributed by atoms with Crippen molar-refractivity contribution in [3.05, 3.63) is 65.7 Å². The molecule has 0 radical (unpaired) electrons. The Morgan fingerprint density at radius 2 is 1.86 bits per heavy atom. The minimum absolute atomic E-state index is 0.00294. The second-order valence-electron chi connectivity index (χ2n) is 4.99. The molecule has 0 heterocycles. The average molecular weight is 296 g/mol. The van der Waals surface area contributed by atoms with Gasteiger partial charge in [-0.3, -0.25) is 4.79 Å². The highest BCUT2D eigenvalue weighted by molar-refractivity contribution is 6.08. The fraction of sp³-hybridized carbons (Fsp3) is 0.211. The quantitative estimate of drug-likeness (QED) is 0.466. The zero-order valence-electron chi connectivity index (χ0n) is 12.7. The Hall–Kier alpha value is -2.55. The number of hydrogen-bond acceptors (Lipinski definition) is 3. The standard InChI is InChI=1S/C19H20O3/c1-2-3-14-22-16-11-8-15(9-12-16)10-13-19(21)17-6-4-5-7-18(17)20/h4-13,20H,2-3,14H2,1H3/b13-10+. The molecule has 2 aromatic carbocycles. The molecule has 0 aromatic heterocycles. The van der Waals surface area contributed by atoms with Gasteiger partial charge >= 0.3 is 0 Å². The van der Waals surface area contributed by atoms with Crippen molar-refractivity contribution in [2.45, 2.75) is 19.8 Å². The van der Waals surface area contributed by atoms with E-state index < -0.39 is 0 Å². The second kappa shape index (κ2) is 8.03. The van der Waals surface area contributed by atoms with Gasteiger partial charge in [-0.2, -0.15) is 0 Å². The Bertz CT molecular complexity index is 642. The predicted octanol–water partition coefficient (Wildman–Crippen LogP) is 4.47. The summed E-state index contributed by atoms with van der Waals surface area (Å²) in [5.74, 6) is 0.607. The number of carbonyl (C=O) groups is 1. The molecule has 2 rings (SSSR count). The van der Waals surface area contributed by atoms with E-state index in [1.807, 2.05) is 24.3 Å². The molecular weight excluding hydrogens is 276 g/mol. The van der Waals surface area contributed by atoms with Gasteiger partial charge in [0.1, 0.15) is 11.5 Å². The summed E-state index contributed by atoms with van der Waals surface area (Å²) in [6.45, 7) is 2.84. The summed E-state index contributed by atoms with van der Waals surface area (Å²) in [6.07, 6.45) is 5.33. The maximum absolute atomic E-state index is 12.0. The molecule has 114 valence electrons. The molecule has 0 saturated heterocycles. The van der Waals surface area contributed by atoms with Crippen LogP contribution in [0.3, 0.4) is 0 Å². The van der Waals surface area contributed by atoms with Gasteiger partial charge in [-0.05, 0) is 42.3 Å². The Balaban J connectivity index is 1.98. The van der Waals surface area contributed by atoms with Gasteiger partial charge in [-0.1, -0.05) is 43.7 Å². The highest BCUT2D eigenvalue weighted by Crippen LogP contribution is 2.18. The summed E-state index contributed by atoms with van der Waals surface area (Å²) in [7, 11) is 0. The van der Waals surface area contributed by atoms with Crippen LogP contribution in [-0.2, 0) is 0 Å². The molecule has 0 unspecified atom stereocenters. The first-order valence-electron chi connectivity index (χ1n) is 7.44. The first-order chi connectivity index (χ1) is 10.7. The van der Waals surface area contributed by atoms with Gasteiger partial charge in [0.2, 0.25) is 0 Å². The number of phenolic OH excluding ortho intramolecular Hbond substituents is 1. The molecule has 3 heteroatoms. The van der Waals surface area contributed by atoms with E-state index in [0.29, 0.717) is 5.56 Å². The fourth-order valence-corrected chi connectivity index (χ4v) is 1.95. The lowest BCUT2D eigenvalue weighted by Crippen LogP contribution is -1.96. The van der Waals surface area contributed by atoms with E-state index in [9.17, 15) is 9.90 Å². The van der Waals surface area contributed by atoms with Gasteiger partial charge in [0.15, 0.2) is 5.78 Å². The number of aromatic hydroxyl groups is 1. The number of benzene rings is 2. The molecule has 0 bridgehead atoms. The van der Waals surface area contributed by atoms with Crippen molar-refractivity contribution in [3.63, 3.8) is 0 Å². The molecule has 0 aliphatic heterocycles. The summed E-state index contributed by atoms with van der Waals surface area (Å²) in [5.41, 5.74) is 1.21. The highest BCUT2D eigenvalue weighted by Gasteiger charge is 2.06. The number of ether oxygens (including phenoxy) is 1. The number of unbranched alkanes of at least 4 members (excludes halogenated alkanes) is 1. The third-order valence-electron chi connectivity index (χ3n) is 3.24. The summed E-state index contributed by atoms with van der Waals surface area (Å²) in [4.78, 5) is 12.0. The van der Waals surface area contributed by atoms with Gasteiger partial charge in [-0.15, -0.1) is 0 Å². The van der Waals surface area contributed by atoms with Crippen LogP contribution in [0.1, 0.15) is 35.7 Å². The van der Waals surface area contributed by atoms with E-state index in [1.54, 1.807) is 24.3 Å². The zero-order valence-corrected chi connectivity index (χ0v) is 12.7. The normalized spacial score (nSPS) is 10.8. The van der Waals surface area contributed by atoms with E-state index >= 15 is 0 Å². The van der Waals surface area contributed by atoms with Crippen LogP contribution in [-0.4, -0.2) is 17.5 Å². The van der Waals surface area contributed by atoms with Gasteiger partial charge in [-0.25, -0.2) is 0 Å². The Labute approximate surface area is 130 Å². The molecule has 0 saturated carbocycles. The Morgan fingerprint density at radius 3 is 2.55 bits per heavy atom. The molecular formula is C19H20O3. The second-order valence-corrected chi connectivity index (χ2v) is 4.99. The van der Waals surface area contributed by atoms with E-state index in [1.165, 1.54) is 12.1 Å². The molecule has 0 aliphatic rings. The maximum Gasteiger partial charge on any atom is 0.189 e. The van der Waals surface area contributed by atoms with Crippen molar-refractivity contribution in [1.82, 2.24) is 0 Å². The summed E-state index contributed by atoms with van der Waals surface area (Å²) in [6, 6.07) is 14.1. The first kappa shape index (κ1) is 15.8. The van der Waals surface area contributed by atoms with Crippen LogP contribution in [0.2, 0.25) is 0 Å². The Kier molecular flexibility index (Phi) is 5.78. The molecule has 0 aliphatic carbocycles. The maximum atomic E-state index is 12.0. The van der Waals surface area contributed by atoms with Crippen LogP contribution in [0.5, 0.6) is 11.5 Å². The number of para-hydroxylation sites is 1. The number of hydrogen-bond donors (Lipinski definition) is 1. The molecule has 2 aromatic rings. The molecule has 1 N–H and O–H groups in total. The number of carbonyl (C=O) groups excluding carboxylic acids is 1. The minimum atomic E-state index is -0.221. The van der Waals surface area contributed by atoms with Crippen LogP contribution in [0, 0.1) is 0 Å². The van der Waals surface area contributed by atoms with Crippen molar-refractivity contribution in [2.24, 2.45) is 0 Å². The van der Waals surface area contributed by atoms with Crippen molar-refractivity contribution in [3.8, 4) is 11.5 Å². The Morgan fingerprint density at radius 1 is 1.14 bits per heavy atom. The highest BCUT2D eigenvalue weighted by atomic mass is 16.5. The monoisotopic (exact) mass is 296 g/mol. The van der Waals surface area contributed by atoms with Gasteiger partial charge < -0.3 is 9.84 Å². The van der Waals surface area contributed by atoms with Crippen molar-refractivity contribution in [1.29, 1.82) is 0 Å². The lowest BCUT2D eigenvalue weighted by atomic mass is 10.1. The molecule has 0 spiro atoms. The molecule has 0 fully saturated rings. The SMILES string of the molecule is CCCCOc1ccc(/C=C/C(=O)c2ccccc2O)cc1. The largest absolute Gasteiger partial charge is 0.507 e. The molecule has 0 atom stereocenters. The fourth-order valence-electron chi connectivity index (χ4n) is 1.95. The topological polar surface area (TPSA) is 46.5 Å².